The molecule has 0 radical (unpaired) electrons. The number of nitrogens with one attached hydrogen (secondary N) is 1. The fourth-order valence-electron chi connectivity index (χ4n) is 3.49. The summed E-state index contributed by atoms with van der Waals surface area (Å²) in [5.41, 5.74) is -0.178. The highest BCUT2D eigenvalue weighted by Gasteiger charge is 2.50. The molecule has 0 aromatic carbocycles. The van der Waals surface area contributed by atoms with E-state index < -0.39 is 0 Å². The summed E-state index contributed by atoms with van der Waals surface area (Å²) >= 11 is 0. The van der Waals surface area contributed by atoms with Crippen LogP contribution in [0.15, 0.2) is 0 Å². The first kappa shape index (κ1) is 14.1. The van der Waals surface area contributed by atoms with Gasteiger partial charge in [0.05, 0.1) is 19.2 Å². The molecule has 4 rings (SSSR count). The van der Waals surface area contributed by atoms with Crippen LogP contribution in [0.5, 0.6) is 0 Å². The fraction of sp³-hybridized carbons (Fsp3) is 0.800. The zero-order chi connectivity index (χ0) is 15.3. The summed E-state index contributed by atoms with van der Waals surface area (Å²) < 4.78 is 6.02. The van der Waals surface area contributed by atoms with Crippen molar-refractivity contribution in [3.05, 3.63) is 11.6 Å². The maximum atomic E-state index is 12.3. The van der Waals surface area contributed by atoms with Gasteiger partial charge in [0.2, 0.25) is 5.91 Å². The van der Waals surface area contributed by atoms with Crippen molar-refractivity contribution in [1.29, 1.82) is 0 Å². The zero-order valence-electron chi connectivity index (χ0n) is 13.2. The molecule has 2 aliphatic heterocycles. The van der Waals surface area contributed by atoms with Crippen LogP contribution in [-0.4, -0.2) is 69.3 Å². The third-order valence-electron chi connectivity index (χ3n) is 5.01. The predicted octanol–water partition coefficient (Wildman–Crippen LogP) is 0.497. The van der Waals surface area contributed by atoms with E-state index in [9.17, 15) is 4.79 Å². The number of amides is 1. The molecule has 120 valence electrons. The highest BCUT2D eigenvalue weighted by atomic mass is 16.5. The number of hydrogen-bond donors (Lipinski definition) is 1. The number of aryl methyl sites for hydroxylation is 1. The molecule has 1 unspecified atom stereocenters. The van der Waals surface area contributed by atoms with Gasteiger partial charge >= 0.3 is 0 Å². The first-order valence-electron chi connectivity index (χ1n) is 8.12. The molecule has 2 saturated heterocycles. The molecule has 1 aliphatic carbocycles. The summed E-state index contributed by atoms with van der Waals surface area (Å²) in [4.78, 5) is 21.0. The summed E-state index contributed by atoms with van der Waals surface area (Å²) in [5, 5.41) is 7.14. The van der Waals surface area contributed by atoms with Gasteiger partial charge in [-0.05, 0) is 26.7 Å². The van der Waals surface area contributed by atoms with Crippen LogP contribution in [0.4, 0.5) is 0 Å². The maximum Gasteiger partial charge on any atom is 0.225 e. The first-order chi connectivity index (χ1) is 10.6. The molecule has 7 heteroatoms. The van der Waals surface area contributed by atoms with Gasteiger partial charge in [0, 0.05) is 25.6 Å². The molecule has 1 aromatic rings. The number of aromatic amines is 1. The minimum atomic E-state index is -0.178. The Kier molecular flexibility index (Phi) is 3.23. The number of rotatable bonds is 3. The lowest BCUT2D eigenvalue weighted by atomic mass is 9.90. The number of morpholine rings is 1. The quantitative estimate of drug-likeness (QED) is 0.880. The number of aromatic nitrogens is 3. The second-order valence-corrected chi connectivity index (χ2v) is 6.93. The van der Waals surface area contributed by atoms with Crippen LogP contribution >= 0.6 is 0 Å². The second-order valence-electron chi connectivity index (χ2n) is 6.93. The average molecular weight is 305 g/mol. The lowest BCUT2D eigenvalue weighted by molar-refractivity contribution is -0.196. The average Bonchev–Trinajstić information content (AvgIpc) is 3.25. The molecule has 1 spiro atoms. The van der Waals surface area contributed by atoms with Gasteiger partial charge in [0.25, 0.3) is 0 Å². The van der Waals surface area contributed by atoms with E-state index in [0.29, 0.717) is 18.4 Å². The number of H-pyrrole nitrogens is 1. The van der Waals surface area contributed by atoms with E-state index in [0.717, 1.165) is 50.7 Å². The van der Waals surface area contributed by atoms with E-state index in [4.69, 9.17) is 4.74 Å². The molecule has 1 atom stereocenters. The van der Waals surface area contributed by atoms with Crippen molar-refractivity contribution in [3.8, 4) is 0 Å². The van der Waals surface area contributed by atoms with Gasteiger partial charge in [-0.1, -0.05) is 0 Å². The number of ether oxygens (including phenoxy) is 1. The molecular formula is C15H23N5O2. The molecule has 22 heavy (non-hydrogen) atoms. The minimum absolute atomic E-state index is 0.175. The Bertz CT molecular complexity index is 576. The van der Waals surface area contributed by atoms with Crippen molar-refractivity contribution in [3.63, 3.8) is 0 Å². The molecule has 1 aromatic heterocycles. The van der Waals surface area contributed by atoms with Gasteiger partial charge in [-0.15, -0.1) is 0 Å². The molecule has 7 nitrogen and oxygen atoms in total. The number of nitrogens with zero attached hydrogens (tertiary/aromatic N) is 4. The minimum Gasteiger partial charge on any atom is -0.369 e. The van der Waals surface area contributed by atoms with Crippen molar-refractivity contribution < 1.29 is 9.53 Å². The standard InChI is InChI=1S/C15H23N5O2/c1-10(13-16-11(2)17-18-13)20-8-15(9-20)7-19(5-6-22-15)14(21)12-3-4-12/h10,12H,3-9H2,1-2H3,(H,16,17,18). The van der Waals surface area contributed by atoms with Crippen LogP contribution in [0, 0.1) is 12.8 Å². The highest BCUT2D eigenvalue weighted by molar-refractivity contribution is 5.81. The van der Waals surface area contributed by atoms with Crippen LogP contribution in [0.25, 0.3) is 0 Å². The Morgan fingerprint density at radius 3 is 2.82 bits per heavy atom. The van der Waals surface area contributed by atoms with Crippen molar-refractivity contribution in [2.24, 2.45) is 5.92 Å². The van der Waals surface area contributed by atoms with E-state index >= 15 is 0 Å². The topological polar surface area (TPSA) is 74.3 Å². The summed E-state index contributed by atoms with van der Waals surface area (Å²) in [7, 11) is 0. The van der Waals surface area contributed by atoms with Gasteiger partial charge in [-0.3, -0.25) is 14.8 Å². The van der Waals surface area contributed by atoms with E-state index in [1.54, 1.807) is 0 Å². The van der Waals surface area contributed by atoms with Crippen molar-refractivity contribution in [2.45, 2.75) is 38.3 Å². The molecule has 3 heterocycles. The van der Waals surface area contributed by atoms with Gasteiger partial charge < -0.3 is 9.64 Å². The van der Waals surface area contributed by atoms with Gasteiger partial charge in [-0.25, -0.2) is 4.98 Å². The molecule has 0 bridgehead atoms. The molecule has 1 amide bonds. The smallest absolute Gasteiger partial charge is 0.225 e. The first-order valence-corrected chi connectivity index (χ1v) is 8.12. The van der Waals surface area contributed by atoms with Crippen LogP contribution < -0.4 is 0 Å². The van der Waals surface area contributed by atoms with Crippen molar-refractivity contribution in [2.75, 3.05) is 32.8 Å². The lowest BCUT2D eigenvalue weighted by Crippen LogP contribution is -2.70. The third kappa shape index (κ3) is 2.42. The van der Waals surface area contributed by atoms with E-state index in [2.05, 4.69) is 27.0 Å². The fourth-order valence-corrected chi connectivity index (χ4v) is 3.49. The summed E-state index contributed by atoms with van der Waals surface area (Å²) in [6, 6.07) is 0.175. The Morgan fingerprint density at radius 2 is 2.18 bits per heavy atom. The van der Waals surface area contributed by atoms with Crippen molar-refractivity contribution in [1.82, 2.24) is 25.0 Å². The largest absolute Gasteiger partial charge is 0.369 e. The lowest BCUT2D eigenvalue weighted by Gasteiger charge is -2.55. The normalized spacial score (nSPS) is 26.0. The Balaban J connectivity index is 1.37. The van der Waals surface area contributed by atoms with Gasteiger partial charge in [-0.2, -0.15) is 5.10 Å². The highest BCUT2D eigenvalue weighted by Crippen LogP contribution is 2.37. The monoisotopic (exact) mass is 305 g/mol. The number of likely N-dealkylation sites (tertiary alicyclic amines) is 1. The van der Waals surface area contributed by atoms with Crippen molar-refractivity contribution >= 4 is 5.91 Å². The van der Waals surface area contributed by atoms with Crippen LogP contribution in [0.3, 0.4) is 0 Å². The Hall–Kier alpha value is -1.47. The van der Waals surface area contributed by atoms with Gasteiger partial charge in [0.15, 0.2) is 5.82 Å². The van der Waals surface area contributed by atoms with E-state index in [1.807, 2.05) is 11.8 Å². The summed E-state index contributed by atoms with van der Waals surface area (Å²) in [6.07, 6.45) is 2.13. The second kappa shape index (κ2) is 5.03. The summed E-state index contributed by atoms with van der Waals surface area (Å²) in [5.74, 6) is 2.29. The Labute approximate surface area is 130 Å². The van der Waals surface area contributed by atoms with Crippen LogP contribution in [0.1, 0.15) is 37.5 Å². The molecule has 1 N–H and O–H groups in total. The number of carbonyl (C=O) groups excluding carboxylic acids is 1. The SMILES string of the molecule is Cc1nc(C(C)N2CC3(CN(C(=O)C4CC4)CCO3)C2)n[nH]1. The molecular weight excluding hydrogens is 282 g/mol. The number of hydrogen-bond acceptors (Lipinski definition) is 5. The molecule has 3 fully saturated rings. The van der Waals surface area contributed by atoms with Crippen LogP contribution in [0.2, 0.25) is 0 Å². The zero-order valence-corrected chi connectivity index (χ0v) is 13.2. The summed E-state index contributed by atoms with van der Waals surface area (Å²) in [6.45, 7) is 7.84. The van der Waals surface area contributed by atoms with Gasteiger partial charge in [0.1, 0.15) is 11.4 Å². The maximum absolute atomic E-state index is 12.3. The number of carbonyl (C=O) groups is 1. The van der Waals surface area contributed by atoms with Crippen LogP contribution in [-0.2, 0) is 9.53 Å². The van der Waals surface area contributed by atoms with E-state index in [-0.39, 0.29) is 11.6 Å². The Morgan fingerprint density at radius 1 is 1.41 bits per heavy atom. The van der Waals surface area contributed by atoms with E-state index in [1.165, 1.54) is 0 Å². The molecule has 3 aliphatic rings. The third-order valence-corrected chi connectivity index (χ3v) is 5.01. The molecule has 1 saturated carbocycles. The predicted molar refractivity (Wildman–Crippen MR) is 79.1 cm³/mol.